The van der Waals surface area contributed by atoms with Gasteiger partial charge in [-0.15, -0.1) is 0 Å². The Morgan fingerprint density at radius 3 is 2.68 bits per heavy atom. The van der Waals surface area contributed by atoms with Crippen molar-refractivity contribution < 1.29 is 9.36 Å². The lowest BCUT2D eigenvalue weighted by molar-refractivity contribution is -0.599. The summed E-state index contributed by atoms with van der Waals surface area (Å²) in [5.41, 5.74) is 0. The number of thiazole rings is 1. The van der Waals surface area contributed by atoms with Crippen molar-refractivity contribution in [2.75, 3.05) is 0 Å². The number of carbonyl (C=O) groups is 1. The number of rotatable bonds is 2. The second-order valence-electron chi connectivity index (χ2n) is 4.21. The Labute approximate surface area is 113 Å². The Hall–Kier alpha value is -2.27. The van der Waals surface area contributed by atoms with Gasteiger partial charge in [-0.2, -0.15) is 4.57 Å². The standard InChI is InChI=1S/C14H11N2O2S/c1-15-13(12(9-17)19-14(15)18)16-7-6-10-4-2-3-5-11(10)8-16/h2-9H,1H3/q+1. The van der Waals surface area contributed by atoms with Gasteiger partial charge in [0.05, 0.1) is 13.2 Å². The Kier molecular flexibility index (Phi) is 2.76. The van der Waals surface area contributed by atoms with Crippen LogP contribution in [0.1, 0.15) is 9.67 Å². The zero-order chi connectivity index (χ0) is 13.4. The molecular weight excluding hydrogens is 260 g/mol. The van der Waals surface area contributed by atoms with E-state index < -0.39 is 0 Å². The van der Waals surface area contributed by atoms with E-state index in [0.717, 1.165) is 28.4 Å². The van der Waals surface area contributed by atoms with Crippen molar-refractivity contribution in [3.8, 4) is 5.82 Å². The first-order chi connectivity index (χ1) is 9.20. The maximum atomic E-state index is 11.7. The van der Waals surface area contributed by atoms with Gasteiger partial charge in [-0.1, -0.05) is 24.3 Å². The topological polar surface area (TPSA) is 43.0 Å². The second kappa shape index (κ2) is 4.44. The SMILES string of the molecule is Cn1c(-[n+]2ccc3ccccc3c2)c(C=O)sc1=O. The highest BCUT2D eigenvalue weighted by Crippen LogP contribution is 2.13. The quantitative estimate of drug-likeness (QED) is 0.526. The van der Waals surface area contributed by atoms with Crippen molar-refractivity contribution in [2.45, 2.75) is 0 Å². The van der Waals surface area contributed by atoms with Gasteiger partial charge in [-0.3, -0.25) is 4.79 Å². The minimum atomic E-state index is -0.141. The number of aldehydes is 1. The summed E-state index contributed by atoms with van der Waals surface area (Å²) in [4.78, 5) is 23.0. The Morgan fingerprint density at radius 1 is 1.21 bits per heavy atom. The van der Waals surface area contributed by atoms with E-state index in [9.17, 15) is 9.59 Å². The van der Waals surface area contributed by atoms with Crippen molar-refractivity contribution in [2.24, 2.45) is 7.05 Å². The fraction of sp³-hybridized carbons (Fsp3) is 0.0714. The van der Waals surface area contributed by atoms with Crippen LogP contribution < -0.4 is 9.44 Å². The largest absolute Gasteiger partial charge is 0.392 e. The van der Waals surface area contributed by atoms with Crippen molar-refractivity contribution in [3.63, 3.8) is 0 Å². The number of benzene rings is 1. The fourth-order valence-electron chi connectivity index (χ4n) is 2.10. The molecule has 1 aromatic carbocycles. The van der Waals surface area contributed by atoms with Gasteiger partial charge in [0, 0.05) is 5.39 Å². The van der Waals surface area contributed by atoms with Crippen LogP contribution in [0.5, 0.6) is 0 Å². The van der Waals surface area contributed by atoms with Gasteiger partial charge in [0.2, 0.25) is 0 Å². The van der Waals surface area contributed by atoms with Gasteiger partial charge in [0.1, 0.15) is 6.20 Å². The summed E-state index contributed by atoms with van der Waals surface area (Å²) in [5, 5.41) is 2.17. The molecule has 19 heavy (non-hydrogen) atoms. The van der Waals surface area contributed by atoms with Crippen LogP contribution in [0.15, 0.2) is 47.5 Å². The molecule has 3 rings (SSSR count). The van der Waals surface area contributed by atoms with Crippen LogP contribution in [0.4, 0.5) is 0 Å². The van der Waals surface area contributed by atoms with E-state index in [4.69, 9.17) is 0 Å². The molecule has 2 aromatic heterocycles. The van der Waals surface area contributed by atoms with Crippen molar-refractivity contribution in [1.82, 2.24) is 4.57 Å². The van der Waals surface area contributed by atoms with Crippen molar-refractivity contribution in [1.29, 1.82) is 0 Å². The van der Waals surface area contributed by atoms with Crippen LogP contribution in [0, 0.1) is 0 Å². The van der Waals surface area contributed by atoms with Gasteiger partial charge >= 0.3 is 10.7 Å². The summed E-state index contributed by atoms with van der Waals surface area (Å²) in [7, 11) is 1.67. The molecule has 5 heteroatoms. The van der Waals surface area contributed by atoms with Gasteiger partial charge in [-0.25, -0.2) is 9.36 Å². The van der Waals surface area contributed by atoms with Gasteiger partial charge < -0.3 is 0 Å². The number of carbonyl (C=O) groups excluding carboxylic acids is 1. The predicted octanol–water partition coefficient (Wildman–Crippen LogP) is 1.69. The van der Waals surface area contributed by atoms with Crippen LogP contribution in [0.25, 0.3) is 16.6 Å². The third-order valence-electron chi connectivity index (χ3n) is 3.05. The highest BCUT2D eigenvalue weighted by Gasteiger charge is 2.21. The molecule has 0 atom stereocenters. The number of aromatic nitrogens is 2. The summed E-state index contributed by atoms with van der Waals surface area (Å²) in [6, 6.07) is 9.92. The van der Waals surface area contributed by atoms with E-state index in [-0.39, 0.29) is 4.87 Å². The highest BCUT2D eigenvalue weighted by molar-refractivity contribution is 7.11. The fourth-order valence-corrected chi connectivity index (χ4v) is 2.90. The molecule has 0 aliphatic heterocycles. The molecule has 0 spiro atoms. The molecule has 3 aromatic rings. The van der Waals surface area contributed by atoms with E-state index in [1.165, 1.54) is 4.57 Å². The second-order valence-corrected chi connectivity index (χ2v) is 5.21. The molecule has 0 aliphatic rings. The molecule has 0 N–H and O–H groups in total. The third-order valence-corrected chi connectivity index (χ3v) is 4.00. The Bertz CT molecular complexity index is 833. The predicted molar refractivity (Wildman–Crippen MR) is 74.0 cm³/mol. The van der Waals surface area contributed by atoms with Gasteiger partial charge in [-0.05, 0) is 22.8 Å². The first-order valence-electron chi connectivity index (χ1n) is 5.76. The van der Waals surface area contributed by atoms with E-state index in [1.54, 1.807) is 7.05 Å². The lowest BCUT2D eigenvalue weighted by Crippen LogP contribution is -2.35. The van der Waals surface area contributed by atoms with E-state index in [2.05, 4.69) is 0 Å². The lowest BCUT2D eigenvalue weighted by Gasteiger charge is -2.01. The molecule has 0 unspecified atom stereocenters. The summed E-state index contributed by atoms with van der Waals surface area (Å²) in [6.45, 7) is 0. The Balaban J connectivity index is 2.30. The monoisotopic (exact) mass is 271 g/mol. The molecule has 0 radical (unpaired) electrons. The van der Waals surface area contributed by atoms with Crippen LogP contribution in [0.2, 0.25) is 0 Å². The maximum absolute atomic E-state index is 11.7. The van der Waals surface area contributed by atoms with Crippen molar-refractivity contribution >= 4 is 28.4 Å². The molecule has 0 bridgehead atoms. The third kappa shape index (κ3) is 1.88. The minimum absolute atomic E-state index is 0.141. The molecule has 0 amide bonds. The normalized spacial score (nSPS) is 10.8. The highest BCUT2D eigenvalue weighted by atomic mass is 32.1. The molecule has 0 saturated carbocycles. The first kappa shape index (κ1) is 11.8. The maximum Gasteiger partial charge on any atom is 0.392 e. The zero-order valence-corrected chi connectivity index (χ0v) is 11.1. The van der Waals surface area contributed by atoms with E-state index >= 15 is 0 Å². The average Bonchev–Trinajstić information content (AvgIpc) is 2.74. The molecule has 94 valence electrons. The van der Waals surface area contributed by atoms with Crippen LogP contribution in [-0.2, 0) is 7.05 Å². The summed E-state index contributed by atoms with van der Waals surface area (Å²) in [6.07, 6.45) is 4.50. The number of pyridine rings is 1. The van der Waals surface area contributed by atoms with E-state index in [0.29, 0.717) is 10.7 Å². The zero-order valence-electron chi connectivity index (χ0n) is 10.2. The number of hydrogen-bond acceptors (Lipinski definition) is 3. The molecule has 0 aliphatic carbocycles. The molecule has 0 fully saturated rings. The molecule has 2 heterocycles. The number of hydrogen-bond donors (Lipinski definition) is 0. The average molecular weight is 271 g/mol. The number of nitrogens with zero attached hydrogens (tertiary/aromatic N) is 2. The lowest BCUT2D eigenvalue weighted by atomic mass is 10.2. The summed E-state index contributed by atoms with van der Waals surface area (Å²) >= 11 is 0.960. The first-order valence-corrected chi connectivity index (χ1v) is 6.58. The minimum Gasteiger partial charge on any atom is -0.297 e. The van der Waals surface area contributed by atoms with Gasteiger partial charge in [0.15, 0.2) is 11.2 Å². The summed E-state index contributed by atoms with van der Waals surface area (Å²) < 4.78 is 3.30. The van der Waals surface area contributed by atoms with Crippen molar-refractivity contribution in [3.05, 3.63) is 57.3 Å². The number of fused-ring (bicyclic) bond motifs is 1. The molecule has 0 saturated heterocycles. The Morgan fingerprint density at radius 2 is 1.95 bits per heavy atom. The van der Waals surface area contributed by atoms with Crippen LogP contribution in [-0.4, -0.2) is 10.9 Å². The van der Waals surface area contributed by atoms with Gasteiger partial charge in [0.25, 0.3) is 0 Å². The molecule has 4 nitrogen and oxygen atoms in total. The van der Waals surface area contributed by atoms with Crippen LogP contribution in [0.3, 0.4) is 0 Å². The summed E-state index contributed by atoms with van der Waals surface area (Å²) in [5.74, 6) is 0.607. The van der Waals surface area contributed by atoms with E-state index in [1.807, 2.05) is 47.3 Å². The smallest absolute Gasteiger partial charge is 0.297 e. The molecular formula is C14H11N2O2S+. The van der Waals surface area contributed by atoms with Crippen LogP contribution >= 0.6 is 11.3 Å².